The molecule has 0 saturated heterocycles. The fraction of sp³-hybridized carbons (Fsp3) is 0.263. The van der Waals surface area contributed by atoms with Crippen LogP contribution in [0.1, 0.15) is 17.0 Å². The molecule has 0 bridgehead atoms. The molecule has 1 aliphatic rings. The summed E-state index contributed by atoms with van der Waals surface area (Å²) in [5.74, 6) is 0.00631. The maximum atomic E-state index is 11.9. The Morgan fingerprint density at radius 2 is 1.48 bits per heavy atom. The van der Waals surface area contributed by atoms with E-state index in [1.165, 1.54) is 22.3 Å². The standard InChI is InChI=1S/C19H19IN2O3/c20-11-18(23)21-9-10-22-19(24)25-12-17-15-7-3-1-5-13(15)14-6-2-4-8-16(14)17/h1-8,17H,9-12H2,(H,21,23)(H,22,24). The molecular weight excluding hydrogens is 431 g/mol. The molecule has 2 amide bonds. The van der Waals surface area contributed by atoms with Crippen LogP contribution in [0, 0.1) is 0 Å². The normalized spacial score (nSPS) is 12.2. The lowest BCUT2D eigenvalue weighted by Gasteiger charge is -2.14. The fourth-order valence-electron chi connectivity index (χ4n) is 3.06. The van der Waals surface area contributed by atoms with Gasteiger partial charge in [-0.15, -0.1) is 0 Å². The van der Waals surface area contributed by atoms with Crippen molar-refractivity contribution in [3.8, 4) is 11.1 Å². The van der Waals surface area contributed by atoms with Gasteiger partial charge in [0, 0.05) is 19.0 Å². The molecule has 0 heterocycles. The Bertz CT molecular complexity index is 733. The first-order valence-corrected chi connectivity index (χ1v) is 9.64. The number of rotatable bonds is 6. The van der Waals surface area contributed by atoms with Gasteiger partial charge in [-0.1, -0.05) is 71.1 Å². The highest BCUT2D eigenvalue weighted by molar-refractivity contribution is 14.1. The van der Waals surface area contributed by atoms with Crippen LogP contribution in [0.15, 0.2) is 48.5 Å². The van der Waals surface area contributed by atoms with E-state index < -0.39 is 6.09 Å². The number of carbonyl (C=O) groups excluding carboxylic acids is 2. The average Bonchev–Trinajstić information content (AvgIpc) is 2.97. The fourth-order valence-corrected chi connectivity index (χ4v) is 3.33. The van der Waals surface area contributed by atoms with Crippen LogP contribution in [0.4, 0.5) is 4.79 Å². The average molecular weight is 450 g/mol. The highest BCUT2D eigenvalue weighted by Gasteiger charge is 2.28. The van der Waals surface area contributed by atoms with Gasteiger partial charge in [-0.3, -0.25) is 4.79 Å². The van der Waals surface area contributed by atoms with E-state index in [0.717, 1.165) is 0 Å². The third kappa shape index (κ3) is 4.12. The Balaban J connectivity index is 1.56. The van der Waals surface area contributed by atoms with E-state index in [0.29, 0.717) is 24.1 Å². The number of alkyl carbamates (subject to hydrolysis) is 1. The molecule has 1 aliphatic carbocycles. The van der Waals surface area contributed by atoms with Crippen molar-refractivity contribution in [3.05, 3.63) is 59.7 Å². The Morgan fingerprint density at radius 3 is 2.08 bits per heavy atom. The van der Waals surface area contributed by atoms with Crippen LogP contribution in [-0.2, 0) is 9.53 Å². The number of ether oxygens (including phenoxy) is 1. The zero-order valence-electron chi connectivity index (χ0n) is 13.6. The molecule has 0 aromatic heterocycles. The monoisotopic (exact) mass is 450 g/mol. The molecule has 0 radical (unpaired) electrons. The lowest BCUT2D eigenvalue weighted by molar-refractivity contribution is -0.118. The number of nitrogens with one attached hydrogen (secondary N) is 2. The number of amides is 2. The van der Waals surface area contributed by atoms with E-state index in [4.69, 9.17) is 4.74 Å². The Morgan fingerprint density at radius 1 is 0.920 bits per heavy atom. The Labute approximate surface area is 160 Å². The Hall–Kier alpha value is -2.09. The molecule has 25 heavy (non-hydrogen) atoms. The van der Waals surface area contributed by atoms with Gasteiger partial charge in [0.15, 0.2) is 0 Å². The first kappa shape index (κ1) is 17.7. The van der Waals surface area contributed by atoms with Gasteiger partial charge in [0.25, 0.3) is 0 Å². The predicted octanol–water partition coefficient (Wildman–Crippen LogP) is 3.08. The summed E-state index contributed by atoms with van der Waals surface area (Å²) in [5.41, 5.74) is 4.78. The molecule has 2 N–H and O–H groups in total. The summed E-state index contributed by atoms with van der Waals surface area (Å²) in [5, 5.41) is 5.35. The molecule has 6 heteroatoms. The van der Waals surface area contributed by atoms with Gasteiger partial charge in [0.1, 0.15) is 6.61 Å². The molecule has 0 spiro atoms. The molecule has 2 aromatic carbocycles. The molecule has 0 fully saturated rings. The van der Waals surface area contributed by atoms with Crippen LogP contribution in [0.5, 0.6) is 0 Å². The van der Waals surface area contributed by atoms with Crippen LogP contribution in [0.25, 0.3) is 11.1 Å². The van der Waals surface area contributed by atoms with Crippen molar-refractivity contribution < 1.29 is 14.3 Å². The highest BCUT2D eigenvalue weighted by Crippen LogP contribution is 2.44. The van der Waals surface area contributed by atoms with Gasteiger partial charge in [0.05, 0.1) is 4.43 Å². The lowest BCUT2D eigenvalue weighted by atomic mass is 9.98. The second kappa shape index (κ2) is 8.33. The van der Waals surface area contributed by atoms with Crippen molar-refractivity contribution in [2.75, 3.05) is 24.1 Å². The molecule has 2 aromatic rings. The van der Waals surface area contributed by atoms with Gasteiger partial charge < -0.3 is 15.4 Å². The van der Waals surface area contributed by atoms with Gasteiger partial charge in [-0.05, 0) is 22.3 Å². The molecule has 5 nitrogen and oxygen atoms in total. The molecule has 130 valence electrons. The van der Waals surface area contributed by atoms with Crippen molar-refractivity contribution in [1.29, 1.82) is 0 Å². The second-order valence-corrected chi connectivity index (χ2v) is 6.50. The number of hydrogen-bond acceptors (Lipinski definition) is 3. The van der Waals surface area contributed by atoms with Crippen LogP contribution in [0.3, 0.4) is 0 Å². The number of alkyl halides is 1. The van der Waals surface area contributed by atoms with E-state index in [1.807, 2.05) is 46.9 Å². The maximum absolute atomic E-state index is 11.9. The van der Waals surface area contributed by atoms with E-state index in [2.05, 4.69) is 34.9 Å². The number of halogens is 1. The van der Waals surface area contributed by atoms with Crippen molar-refractivity contribution in [1.82, 2.24) is 10.6 Å². The number of fused-ring (bicyclic) bond motifs is 3. The number of benzene rings is 2. The first-order valence-electron chi connectivity index (χ1n) is 8.12. The second-order valence-electron chi connectivity index (χ2n) is 5.74. The topological polar surface area (TPSA) is 67.4 Å². The Kier molecular flexibility index (Phi) is 5.91. The van der Waals surface area contributed by atoms with Crippen molar-refractivity contribution in [2.24, 2.45) is 0 Å². The molecule has 3 rings (SSSR count). The van der Waals surface area contributed by atoms with E-state index >= 15 is 0 Å². The maximum Gasteiger partial charge on any atom is 0.407 e. The summed E-state index contributed by atoms with van der Waals surface area (Å²) in [7, 11) is 0. The summed E-state index contributed by atoms with van der Waals surface area (Å²) in [6.07, 6.45) is -0.467. The summed E-state index contributed by atoms with van der Waals surface area (Å²) < 4.78 is 5.81. The molecule has 0 aliphatic heterocycles. The van der Waals surface area contributed by atoms with Crippen molar-refractivity contribution in [3.63, 3.8) is 0 Å². The summed E-state index contributed by atoms with van der Waals surface area (Å²) in [4.78, 5) is 23.0. The summed E-state index contributed by atoms with van der Waals surface area (Å²) in [6, 6.07) is 16.4. The third-order valence-electron chi connectivity index (χ3n) is 4.18. The minimum Gasteiger partial charge on any atom is -0.449 e. The molecular formula is C19H19IN2O3. The minimum atomic E-state index is -0.467. The van der Waals surface area contributed by atoms with Gasteiger partial charge in [-0.25, -0.2) is 4.79 Å². The van der Waals surface area contributed by atoms with Crippen LogP contribution < -0.4 is 10.6 Å². The third-order valence-corrected chi connectivity index (χ3v) is 4.87. The van der Waals surface area contributed by atoms with Crippen LogP contribution in [-0.4, -0.2) is 36.1 Å². The lowest BCUT2D eigenvalue weighted by Crippen LogP contribution is -2.35. The van der Waals surface area contributed by atoms with E-state index in [9.17, 15) is 9.59 Å². The smallest absolute Gasteiger partial charge is 0.407 e. The quantitative estimate of drug-likeness (QED) is 0.404. The van der Waals surface area contributed by atoms with Crippen molar-refractivity contribution >= 4 is 34.6 Å². The zero-order chi connectivity index (χ0) is 17.6. The SMILES string of the molecule is O=C(CI)NCCNC(=O)OCC1c2ccccc2-c2ccccc21. The minimum absolute atomic E-state index is 0.0464. The first-order chi connectivity index (χ1) is 12.2. The summed E-state index contributed by atoms with van der Waals surface area (Å²) >= 11 is 1.99. The van der Waals surface area contributed by atoms with Gasteiger partial charge >= 0.3 is 6.09 Å². The largest absolute Gasteiger partial charge is 0.449 e. The highest BCUT2D eigenvalue weighted by atomic mass is 127. The van der Waals surface area contributed by atoms with Crippen molar-refractivity contribution in [2.45, 2.75) is 5.92 Å². The summed E-state index contributed by atoms with van der Waals surface area (Å²) in [6.45, 7) is 1.03. The van der Waals surface area contributed by atoms with Crippen LogP contribution in [0.2, 0.25) is 0 Å². The number of hydrogen-bond donors (Lipinski definition) is 2. The predicted molar refractivity (Wildman–Crippen MR) is 105 cm³/mol. The van der Waals surface area contributed by atoms with Crippen LogP contribution >= 0.6 is 22.6 Å². The molecule has 0 unspecified atom stereocenters. The zero-order valence-corrected chi connectivity index (χ0v) is 15.8. The van der Waals surface area contributed by atoms with Gasteiger partial charge in [0.2, 0.25) is 5.91 Å². The van der Waals surface area contributed by atoms with E-state index in [1.54, 1.807) is 0 Å². The number of carbonyl (C=O) groups is 2. The van der Waals surface area contributed by atoms with E-state index in [-0.39, 0.29) is 11.8 Å². The molecule has 0 saturated carbocycles. The van der Waals surface area contributed by atoms with Gasteiger partial charge in [-0.2, -0.15) is 0 Å². The molecule has 0 atom stereocenters.